The molecule has 2 aliphatic rings. The van der Waals surface area contributed by atoms with Crippen LogP contribution in [0.3, 0.4) is 0 Å². The number of nitrogens with zero attached hydrogens (tertiary/aromatic N) is 1. The van der Waals surface area contributed by atoms with Crippen LogP contribution in [0.1, 0.15) is 68.2 Å². The quantitative estimate of drug-likeness (QED) is 0.188. The highest BCUT2D eigenvalue weighted by Gasteiger charge is 2.50. The summed E-state index contributed by atoms with van der Waals surface area (Å²) in [6.45, 7) is 2.43. The summed E-state index contributed by atoms with van der Waals surface area (Å²) < 4.78 is 74.0. The maximum Gasteiger partial charge on any atom is 0.452 e. The van der Waals surface area contributed by atoms with E-state index in [0.717, 1.165) is 23.3 Å². The molecular formula is C41H48ClF3N4O7S. The molecule has 0 spiro atoms. The highest BCUT2D eigenvalue weighted by Crippen LogP contribution is 2.42. The Bertz CT molecular complexity index is 2020. The lowest BCUT2D eigenvalue weighted by molar-refractivity contribution is -0.175. The van der Waals surface area contributed by atoms with Crippen LogP contribution in [-0.2, 0) is 53.1 Å². The van der Waals surface area contributed by atoms with Gasteiger partial charge in [0.05, 0.1) is 29.6 Å². The predicted octanol–water partition coefficient (Wildman–Crippen LogP) is 5.20. The molecule has 3 aromatic carbocycles. The van der Waals surface area contributed by atoms with Gasteiger partial charge < -0.3 is 26.0 Å². The van der Waals surface area contributed by atoms with Crippen molar-refractivity contribution in [1.29, 1.82) is 0 Å². The van der Waals surface area contributed by atoms with Gasteiger partial charge >= 0.3 is 6.18 Å². The van der Waals surface area contributed by atoms with E-state index in [1.807, 2.05) is 0 Å². The van der Waals surface area contributed by atoms with E-state index < -0.39 is 92.9 Å². The Hall–Kier alpha value is -4.47. The van der Waals surface area contributed by atoms with Gasteiger partial charge in [-0.1, -0.05) is 86.8 Å². The second kappa shape index (κ2) is 18.0. The van der Waals surface area contributed by atoms with E-state index in [1.54, 1.807) is 72.8 Å². The number of halogens is 4. The molecule has 1 saturated carbocycles. The number of hydrogen-bond donors (Lipinski definition) is 3. The van der Waals surface area contributed by atoms with Crippen LogP contribution in [0.25, 0.3) is 0 Å². The number of ether oxygens (including phenoxy) is 1. The van der Waals surface area contributed by atoms with Crippen molar-refractivity contribution in [1.82, 2.24) is 15.5 Å². The van der Waals surface area contributed by atoms with Gasteiger partial charge in [-0.3, -0.25) is 19.2 Å². The molecule has 11 nitrogen and oxygen atoms in total. The average molecular weight is 833 g/mol. The molecule has 0 bridgehead atoms. The highest BCUT2D eigenvalue weighted by atomic mass is 35.5. The number of alkyl halides is 3. The molecule has 308 valence electrons. The van der Waals surface area contributed by atoms with Gasteiger partial charge in [-0.05, 0) is 71.7 Å². The van der Waals surface area contributed by atoms with E-state index in [2.05, 4.69) is 10.6 Å². The Labute approximate surface area is 335 Å². The Kier molecular flexibility index (Phi) is 13.8. The molecule has 2 fully saturated rings. The molecule has 4 atom stereocenters. The first-order valence-corrected chi connectivity index (χ1v) is 20.9. The molecule has 5 rings (SSSR count). The number of nitrogens with two attached hydrogens (primary N) is 1. The van der Waals surface area contributed by atoms with Crippen molar-refractivity contribution in [2.75, 3.05) is 13.7 Å². The van der Waals surface area contributed by atoms with Crippen LogP contribution in [0.4, 0.5) is 13.2 Å². The van der Waals surface area contributed by atoms with Gasteiger partial charge in [-0.2, -0.15) is 13.2 Å². The summed E-state index contributed by atoms with van der Waals surface area (Å²) in [4.78, 5) is 56.8. The van der Waals surface area contributed by atoms with Crippen LogP contribution >= 0.6 is 11.6 Å². The van der Waals surface area contributed by atoms with Gasteiger partial charge in [0.15, 0.2) is 9.84 Å². The fourth-order valence-electron chi connectivity index (χ4n) is 7.72. The molecule has 1 aliphatic heterocycles. The van der Waals surface area contributed by atoms with Crippen molar-refractivity contribution in [3.8, 4) is 5.75 Å². The third-order valence-corrected chi connectivity index (χ3v) is 13.3. The molecule has 1 aliphatic carbocycles. The summed E-state index contributed by atoms with van der Waals surface area (Å²) >= 11 is 6.17. The van der Waals surface area contributed by atoms with E-state index in [9.17, 15) is 40.8 Å². The molecule has 0 radical (unpaired) electrons. The van der Waals surface area contributed by atoms with E-state index in [4.69, 9.17) is 22.1 Å². The standard InChI is InChI=1S/C41H48ClF3N4O7S/c1-25(2)35(36(50)41(43,44)45)48-37(51)34-21-32(57(54,55)24-28-10-16-31(56-3)17-11-28)23-49(34)38(52)33(20-26-6-8-27(22-46)9-7-26)47-39(53)40(18-4-5-19-40)29-12-14-30(42)15-13-29/h6-17,25,32-35H,4-5,18-24,46H2,1-3H3,(H,47,53)(H,48,51)/t32-,33+,34+,35+/m1/s1. The summed E-state index contributed by atoms with van der Waals surface area (Å²) in [6, 6.07) is 15.3. The lowest BCUT2D eigenvalue weighted by Crippen LogP contribution is -2.58. The van der Waals surface area contributed by atoms with Crippen LogP contribution in [0.5, 0.6) is 5.75 Å². The number of nitrogens with one attached hydrogen (secondary N) is 2. The number of likely N-dealkylation sites (tertiary alicyclic amines) is 1. The molecule has 3 amide bonds. The monoisotopic (exact) mass is 832 g/mol. The Balaban J connectivity index is 1.52. The molecule has 0 unspecified atom stereocenters. The first-order valence-electron chi connectivity index (χ1n) is 18.8. The zero-order valence-corrected chi connectivity index (χ0v) is 33.6. The minimum atomic E-state index is -5.27. The number of carbonyl (C=O) groups excluding carboxylic acids is 4. The SMILES string of the molecule is COc1ccc(CS(=O)(=O)[C@@H]2C[C@@H](C(=O)N[C@H](C(=O)C(F)(F)F)C(C)C)N(C(=O)[C@H](Cc3ccc(CN)cc3)NC(=O)C3(c4ccc(Cl)cc4)CCCC3)C2)cc1. The second-order valence-electron chi connectivity index (χ2n) is 15.2. The number of benzene rings is 3. The van der Waals surface area contributed by atoms with Crippen molar-refractivity contribution in [2.24, 2.45) is 11.7 Å². The molecule has 4 N–H and O–H groups in total. The molecule has 3 aromatic rings. The number of ketones is 1. The number of hydrogen-bond acceptors (Lipinski definition) is 8. The van der Waals surface area contributed by atoms with Crippen molar-refractivity contribution in [2.45, 2.75) is 99.6 Å². The molecule has 16 heteroatoms. The smallest absolute Gasteiger partial charge is 0.452 e. The highest BCUT2D eigenvalue weighted by molar-refractivity contribution is 7.91. The van der Waals surface area contributed by atoms with Gasteiger partial charge in [0.1, 0.15) is 17.8 Å². The predicted molar refractivity (Wildman–Crippen MR) is 209 cm³/mol. The van der Waals surface area contributed by atoms with Crippen LogP contribution in [0.15, 0.2) is 72.8 Å². The third-order valence-electron chi connectivity index (χ3n) is 11.0. The van der Waals surface area contributed by atoms with Crippen molar-refractivity contribution in [3.05, 3.63) is 100 Å². The Morgan fingerprint density at radius 1 is 0.912 bits per heavy atom. The average Bonchev–Trinajstić information content (AvgIpc) is 3.87. The van der Waals surface area contributed by atoms with Gasteiger partial charge in [0, 0.05) is 24.5 Å². The lowest BCUT2D eigenvalue weighted by atomic mass is 9.77. The number of carbonyl (C=O) groups is 4. The molecule has 57 heavy (non-hydrogen) atoms. The minimum Gasteiger partial charge on any atom is -0.497 e. The fraction of sp³-hybridized carbons (Fsp3) is 0.463. The van der Waals surface area contributed by atoms with Crippen LogP contribution in [0.2, 0.25) is 5.02 Å². The Morgan fingerprint density at radius 2 is 1.49 bits per heavy atom. The van der Waals surface area contributed by atoms with Gasteiger partial charge in [-0.25, -0.2) is 8.42 Å². The number of rotatable bonds is 15. The summed E-state index contributed by atoms with van der Waals surface area (Å²) in [7, 11) is -2.64. The topological polar surface area (TPSA) is 165 Å². The minimum absolute atomic E-state index is 0.0681. The zero-order valence-electron chi connectivity index (χ0n) is 32.0. The van der Waals surface area contributed by atoms with Gasteiger partial charge in [-0.15, -0.1) is 0 Å². The van der Waals surface area contributed by atoms with Crippen molar-refractivity contribution >= 4 is 44.9 Å². The van der Waals surface area contributed by atoms with Gasteiger partial charge in [0.25, 0.3) is 5.78 Å². The maximum atomic E-state index is 14.9. The Morgan fingerprint density at radius 3 is 2.04 bits per heavy atom. The van der Waals surface area contributed by atoms with Crippen LogP contribution < -0.4 is 21.1 Å². The normalized spacial score (nSPS) is 19.2. The maximum absolute atomic E-state index is 14.9. The molecule has 0 aromatic heterocycles. The first-order chi connectivity index (χ1) is 26.9. The number of Topliss-reactive ketones (excluding diaryl/α,β-unsaturated/α-hetero) is 1. The fourth-order valence-corrected chi connectivity index (χ4v) is 9.60. The second-order valence-corrected chi connectivity index (χ2v) is 17.9. The van der Waals surface area contributed by atoms with Crippen molar-refractivity contribution in [3.63, 3.8) is 0 Å². The molecule has 1 saturated heterocycles. The van der Waals surface area contributed by atoms with Crippen molar-refractivity contribution < 1.29 is 45.5 Å². The largest absolute Gasteiger partial charge is 0.497 e. The number of methoxy groups -OCH3 is 1. The van der Waals surface area contributed by atoms with Gasteiger partial charge in [0.2, 0.25) is 17.7 Å². The van der Waals surface area contributed by atoms with Crippen LogP contribution in [-0.4, -0.2) is 80.0 Å². The lowest BCUT2D eigenvalue weighted by Gasteiger charge is -2.34. The van der Waals surface area contributed by atoms with E-state index >= 15 is 0 Å². The first kappa shape index (κ1) is 43.6. The number of sulfone groups is 1. The zero-order chi connectivity index (χ0) is 41.7. The molecule has 1 heterocycles. The summed E-state index contributed by atoms with van der Waals surface area (Å²) in [5.41, 5.74) is 7.33. The van der Waals surface area contributed by atoms with E-state index in [1.165, 1.54) is 21.0 Å². The molecular weight excluding hydrogens is 785 g/mol. The third kappa shape index (κ3) is 10.2. The van der Waals surface area contributed by atoms with Crippen LogP contribution in [0, 0.1) is 5.92 Å². The number of amides is 3. The summed E-state index contributed by atoms with van der Waals surface area (Å²) in [5.74, 6) is -5.51. The summed E-state index contributed by atoms with van der Waals surface area (Å²) in [6.07, 6.45) is -3.35. The van der Waals surface area contributed by atoms with E-state index in [0.29, 0.717) is 40.3 Å². The van der Waals surface area contributed by atoms with E-state index in [-0.39, 0.29) is 13.0 Å². The summed E-state index contributed by atoms with van der Waals surface area (Å²) in [5, 5.41) is 4.29.